The van der Waals surface area contributed by atoms with Crippen molar-refractivity contribution < 1.29 is 22.1 Å². The number of nitro groups is 1. The lowest BCUT2D eigenvalue weighted by atomic mass is 9.98. The number of sulfonamides is 1. The normalized spacial score (nSPS) is 11.6. The molecule has 0 saturated carbocycles. The van der Waals surface area contributed by atoms with E-state index in [-0.39, 0.29) is 21.8 Å². The summed E-state index contributed by atoms with van der Waals surface area (Å²) in [6.07, 6.45) is -2.91. The average molecular weight is 470 g/mol. The Morgan fingerprint density at radius 2 is 1.52 bits per heavy atom. The van der Waals surface area contributed by atoms with Crippen molar-refractivity contribution >= 4 is 15.7 Å². The first-order valence-electron chi connectivity index (χ1n) is 9.51. The molecule has 2 N–H and O–H groups in total. The van der Waals surface area contributed by atoms with Crippen molar-refractivity contribution in [2.24, 2.45) is 5.14 Å². The average Bonchev–Trinajstić information content (AvgIpc) is 3.20. The van der Waals surface area contributed by atoms with Gasteiger partial charge in [0.1, 0.15) is 5.69 Å². The first-order chi connectivity index (χ1) is 15.7. The highest BCUT2D eigenvalue weighted by atomic mass is 32.2. The molecule has 0 bridgehead atoms. The Bertz CT molecular complexity index is 1420. The topological polar surface area (TPSA) is 121 Å². The van der Waals surface area contributed by atoms with Crippen LogP contribution >= 0.6 is 0 Å². The fourth-order valence-electron chi connectivity index (χ4n) is 3.45. The molecule has 3 aromatic carbocycles. The molecule has 4 aromatic rings. The van der Waals surface area contributed by atoms with Crippen LogP contribution in [0.25, 0.3) is 28.1 Å². The van der Waals surface area contributed by atoms with Crippen molar-refractivity contribution in [3.05, 3.63) is 94.7 Å². The number of non-ortho nitro benzene ring substituents is 1. The molecule has 33 heavy (non-hydrogen) atoms. The van der Waals surface area contributed by atoms with Gasteiger partial charge in [-0.05, 0) is 29.8 Å². The number of rotatable bonds is 6. The molecule has 168 valence electrons. The summed E-state index contributed by atoms with van der Waals surface area (Å²) in [7, 11) is -3.95. The van der Waals surface area contributed by atoms with E-state index in [1.54, 1.807) is 30.3 Å². The van der Waals surface area contributed by atoms with E-state index < -0.39 is 27.1 Å². The van der Waals surface area contributed by atoms with Crippen LogP contribution in [0.15, 0.2) is 83.8 Å². The lowest BCUT2D eigenvalue weighted by Crippen LogP contribution is -2.11. The zero-order valence-corrected chi connectivity index (χ0v) is 17.6. The van der Waals surface area contributed by atoms with Crippen LogP contribution in [-0.2, 0) is 10.0 Å². The molecule has 0 spiro atoms. The highest BCUT2D eigenvalue weighted by Crippen LogP contribution is 2.40. The van der Waals surface area contributed by atoms with Gasteiger partial charge in [-0.3, -0.25) is 10.1 Å². The molecular formula is C22H16F2N4O4S. The number of hydrogen-bond acceptors (Lipinski definition) is 5. The van der Waals surface area contributed by atoms with Gasteiger partial charge in [0.05, 0.1) is 21.2 Å². The predicted molar refractivity (Wildman–Crippen MR) is 117 cm³/mol. The van der Waals surface area contributed by atoms with Crippen LogP contribution in [0.2, 0.25) is 0 Å². The maximum absolute atomic E-state index is 14.1. The minimum Gasteiger partial charge on any atom is -0.258 e. The summed E-state index contributed by atoms with van der Waals surface area (Å²) in [5.74, 6) is 0. The minimum absolute atomic E-state index is 0.136. The molecule has 4 rings (SSSR count). The number of nitrogens with zero attached hydrogens (tertiary/aromatic N) is 3. The number of nitro benzene ring substituents is 1. The second-order valence-electron chi connectivity index (χ2n) is 7.03. The first kappa shape index (κ1) is 22.2. The van der Waals surface area contributed by atoms with Gasteiger partial charge in [-0.25, -0.2) is 27.0 Å². The Labute approximate surface area is 187 Å². The number of hydrogen-bond donors (Lipinski definition) is 1. The van der Waals surface area contributed by atoms with Gasteiger partial charge in [-0.2, -0.15) is 5.10 Å². The smallest absolute Gasteiger partial charge is 0.258 e. The lowest BCUT2D eigenvalue weighted by Gasteiger charge is -2.11. The van der Waals surface area contributed by atoms with Gasteiger partial charge < -0.3 is 0 Å². The predicted octanol–water partition coefficient (Wildman–Crippen LogP) is 4.70. The summed E-state index contributed by atoms with van der Waals surface area (Å²) in [4.78, 5) is 10.3. The molecule has 0 fully saturated rings. The summed E-state index contributed by atoms with van der Waals surface area (Å²) in [5.41, 5.74) is 0.978. The zero-order valence-electron chi connectivity index (χ0n) is 16.8. The quantitative estimate of drug-likeness (QED) is 0.323. The van der Waals surface area contributed by atoms with Crippen molar-refractivity contribution in [3.8, 4) is 28.1 Å². The third kappa shape index (κ3) is 4.36. The number of aromatic nitrogens is 2. The van der Waals surface area contributed by atoms with Gasteiger partial charge in [0.25, 0.3) is 12.1 Å². The summed E-state index contributed by atoms with van der Waals surface area (Å²) in [6, 6.07) is 19.2. The van der Waals surface area contributed by atoms with Crippen LogP contribution in [0.3, 0.4) is 0 Å². The Hall–Kier alpha value is -3.96. The monoisotopic (exact) mass is 470 g/mol. The molecule has 0 aliphatic heterocycles. The highest BCUT2D eigenvalue weighted by Gasteiger charge is 2.27. The molecule has 11 heteroatoms. The summed E-state index contributed by atoms with van der Waals surface area (Å²) in [6.45, 7) is 0. The molecule has 0 aliphatic carbocycles. The molecular weight excluding hydrogens is 454 g/mol. The van der Waals surface area contributed by atoms with E-state index in [1.165, 1.54) is 53.2 Å². The van der Waals surface area contributed by atoms with Gasteiger partial charge >= 0.3 is 0 Å². The Morgan fingerprint density at radius 1 is 0.909 bits per heavy atom. The highest BCUT2D eigenvalue weighted by molar-refractivity contribution is 7.89. The largest absolute Gasteiger partial charge is 0.282 e. The Balaban J connectivity index is 2.01. The van der Waals surface area contributed by atoms with Crippen LogP contribution in [0.5, 0.6) is 0 Å². The van der Waals surface area contributed by atoms with Crippen LogP contribution in [0.1, 0.15) is 12.1 Å². The molecule has 0 amide bonds. The number of primary sulfonamides is 1. The van der Waals surface area contributed by atoms with Crippen LogP contribution < -0.4 is 5.14 Å². The van der Waals surface area contributed by atoms with E-state index in [9.17, 15) is 27.3 Å². The molecule has 1 aromatic heterocycles. The van der Waals surface area contributed by atoms with E-state index in [4.69, 9.17) is 5.14 Å². The van der Waals surface area contributed by atoms with Crippen LogP contribution in [0.4, 0.5) is 14.5 Å². The minimum atomic E-state index is -3.95. The van der Waals surface area contributed by atoms with E-state index in [0.29, 0.717) is 16.8 Å². The fraction of sp³-hybridized carbons (Fsp3) is 0.0455. The second kappa shape index (κ2) is 8.52. The summed E-state index contributed by atoms with van der Waals surface area (Å²) >= 11 is 0. The number of alkyl halides is 2. The summed E-state index contributed by atoms with van der Waals surface area (Å²) < 4.78 is 52.7. The van der Waals surface area contributed by atoms with Gasteiger partial charge in [0.15, 0.2) is 0 Å². The SMILES string of the molecule is NS(=O)(=O)c1ccc(-c2c(-c3ccccc3)c(C(F)F)nn2-c2ccc([N+](=O)[O-])cc2)cc1. The number of benzene rings is 3. The molecule has 8 nitrogen and oxygen atoms in total. The second-order valence-corrected chi connectivity index (χ2v) is 8.59. The molecule has 0 aliphatic rings. The third-order valence-corrected chi connectivity index (χ3v) is 5.87. The molecule has 0 atom stereocenters. The maximum atomic E-state index is 14.1. The molecule has 0 radical (unpaired) electrons. The van der Waals surface area contributed by atoms with Crippen molar-refractivity contribution in [2.45, 2.75) is 11.3 Å². The van der Waals surface area contributed by atoms with Gasteiger partial charge in [0.2, 0.25) is 10.0 Å². The van der Waals surface area contributed by atoms with Gasteiger partial charge in [0, 0.05) is 23.3 Å². The van der Waals surface area contributed by atoms with Crippen molar-refractivity contribution in [1.29, 1.82) is 0 Å². The lowest BCUT2D eigenvalue weighted by molar-refractivity contribution is -0.384. The van der Waals surface area contributed by atoms with Crippen molar-refractivity contribution in [2.75, 3.05) is 0 Å². The van der Waals surface area contributed by atoms with E-state index in [1.807, 2.05) is 0 Å². The van der Waals surface area contributed by atoms with E-state index in [2.05, 4.69) is 5.10 Å². The van der Waals surface area contributed by atoms with Gasteiger partial charge in [-0.15, -0.1) is 0 Å². The van der Waals surface area contributed by atoms with Crippen LogP contribution in [-0.4, -0.2) is 23.1 Å². The molecule has 0 saturated heterocycles. The van der Waals surface area contributed by atoms with Crippen molar-refractivity contribution in [1.82, 2.24) is 9.78 Å². The Kier molecular flexibility index (Phi) is 5.75. The molecule has 1 heterocycles. The van der Waals surface area contributed by atoms with E-state index >= 15 is 0 Å². The zero-order chi connectivity index (χ0) is 23.8. The van der Waals surface area contributed by atoms with Crippen molar-refractivity contribution in [3.63, 3.8) is 0 Å². The third-order valence-electron chi connectivity index (χ3n) is 4.94. The first-order valence-corrected chi connectivity index (χ1v) is 11.1. The van der Waals surface area contributed by atoms with Gasteiger partial charge in [-0.1, -0.05) is 42.5 Å². The maximum Gasteiger partial charge on any atom is 0.282 e. The molecule has 0 unspecified atom stereocenters. The number of nitrogens with two attached hydrogens (primary N) is 1. The van der Waals surface area contributed by atoms with E-state index in [0.717, 1.165) is 0 Å². The standard InChI is InChI=1S/C22H16F2N4O4S/c23-22(24)20-19(14-4-2-1-3-5-14)21(15-6-12-18(13-7-15)33(25,31)32)27(26-20)16-8-10-17(11-9-16)28(29)30/h1-13,22H,(H2,25,31,32). The summed E-state index contributed by atoms with van der Waals surface area (Å²) in [5, 5.41) is 20.3. The van der Waals surface area contributed by atoms with Crippen LogP contribution in [0, 0.1) is 10.1 Å². The number of halogens is 2. The fourth-order valence-corrected chi connectivity index (χ4v) is 3.96. The Morgan fingerprint density at radius 3 is 2.03 bits per heavy atom.